The molecule has 0 aromatic carbocycles. The van der Waals surface area contributed by atoms with Crippen molar-refractivity contribution in [2.75, 3.05) is 11.5 Å². The third kappa shape index (κ3) is 34.6. The van der Waals surface area contributed by atoms with Gasteiger partial charge in [0.05, 0.1) is 20.2 Å². The molecule has 0 saturated heterocycles. The molecule has 0 aromatic heterocycles. The zero-order chi connectivity index (χ0) is 17.5. The van der Waals surface area contributed by atoms with Gasteiger partial charge in [-0.15, -0.1) is 0 Å². The monoisotopic (exact) mass is 416 g/mol. The van der Waals surface area contributed by atoms with Gasteiger partial charge in [0.2, 0.25) is 0 Å². The van der Waals surface area contributed by atoms with E-state index in [1.54, 1.807) is 0 Å². The number of hydrogen-bond acceptors (Lipinski definition) is 6. The zero-order valence-electron chi connectivity index (χ0n) is 14.1. The molecule has 9 heteroatoms. The first-order valence-electron chi connectivity index (χ1n) is 7.99. The summed E-state index contributed by atoms with van der Waals surface area (Å²) in [6.45, 7) is 4.18. The molecule has 0 rings (SSSR count). The fourth-order valence-corrected chi connectivity index (χ4v) is 2.88. The van der Waals surface area contributed by atoms with Crippen LogP contribution in [0.25, 0.3) is 0 Å². The van der Waals surface area contributed by atoms with Crippen LogP contribution in [0.3, 0.4) is 0 Å². The van der Waals surface area contributed by atoms with Gasteiger partial charge < -0.3 is 9.11 Å². The van der Waals surface area contributed by atoms with Gasteiger partial charge in [-0.25, -0.2) is 16.8 Å². The van der Waals surface area contributed by atoms with Gasteiger partial charge in [0.1, 0.15) is 0 Å². The van der Waals surface area contributed by atoms with Crippen LogP contribution in [-0.4, -0.2) is 37.4 Å². The molecular weight excluding hydrogens is 387 g/mol. The first-order chi connectivity index (χ1) is 10.1. The van der Waals surface area contributed by atoms with Crippen LogP contribution in [0.15, 0.2) is 0 Å². The molecule has 23 heavy (non-hydrogen) atoms. The maximum absolute atomic E-state index is 10.1. The second-order valence-corrected chi connectivity index (χ2v) is 8.40. The third-order valence-electron chi connectivity index (χ3n) is 3.00. The summed E-state index contributed by atoms with van der Waals surface area (Å²) < 4.78 is 60.7. The molecule has 0 aliphatic rings. The molecule has 0 spiro atoms. The van der Waals surface area contributed by atoms with Crippen LogP contribution < -0.4 is 0 Å². The van der Waals surface area contributed by atoms with E-state index >= 15 is 0 Å². The Hall–Kier alpha value is 0.314. The van der Waals surface area contributed by atoms with Crippen molar-refractivity contribution in [3.8, 4) is 0 Å². The molecule has 144 valence electrons. The average molecular weight is 417 g/mol. The van der Waals surface area contributed by atoms with E-state index in [2.05, 4.69) is 13.8 Å². The molecule has 0 bridgehead atoms. The Morgan fingerprint density at radius 2 is 0.826 bits per heavy atom. The van der Waals surface area contributed by atoms with Crippen molar-refractivity contribution in [2.24, 2.45) is 0 Å². The van der Waals surface area contributed by atoms with Gasteiger partial charge in [0.15, 0.2) is 0 Å². The van der Waals surface area contributed by atoms with Crippen LogP contribution in [0, 0.1) is 0 Å². The summed E-state index contributed by atoms with van der Waals surface area (Å²) in [5.74, 6) is -0.395. The summed E-state index contributed by atoms with van der Waals surface area (Å²) >= 11 is 0. The number of hydrogen-bond donors (Lipinski definition) is 0. The predicted molar refractivity (Wildman–Crippen MR) is 86.6 cm³/mol. The maximum Gasteiger partial charge on any atom is 2.00 e. The van der Waals surface area contributed by atoms with Crippen molar-refractivity contribution in [3.05, 3.63) is 0 Å². The van der Waals surface area contributed by atoms with Crippen LogP contribution in [0.1, 0.15) is 78.1 Å². The first-order valence-corrected chi connectivity index (χ1v) is 11.1. The molecule has 0 aliphatic carbocycles. The molecule has 0 aliphatic heterocycles. The van der Waals surface area contributed by atoms with Gasteiger partial charge in [-0.05, 0) is 12.8 Å². The van der Waals surface area contributed by atoms with Crippen molar-refractivity contribution in [1.82, 2.24) is 0 Å². The van der Waals surface area contributed by atoms with E-state index in [4.69, 9.17) is 0 Å². The Morgan fingerprint density at radius 3 is 1.04 bits per heavy atom. The van der Waals surface area contributed by atoms with E-state index in [0.717, 1.165) is 51.4 Å². The molecule has 0 atom stereocenters. The van der Waals surface area contributed by atoms with Gasteiger partial charge in [-0.1, -0.05) is 65.2 Å². The molecule has 0 unspecified atom stereocenters. The van der Waals surface area contributed by atoms with E-state index in [1.165, 1.54) is 0 Å². The maximum atomic E-state index is 10.1. The average Bonchev–Trinajstić information content (AvgIpc) is 2.36. The van der Waals surface area contributed by atoms with Crippen molar-refractivity contribution in [3.63, 3.8) is 0 Å². The van der Waals surface area contributed by atoms with Crippen molar-refractivity contribution in [1.29, 1.82) is 0 Å². The predicted octanol–water partition coefficient (Wildman–Crippen LogP) is 3.00. The molecule has 0 amide bonds. The van der Waals surface area contributed by atoms with Crippen LogP contribution in [0.2, 0.25) is 0 Å². The quantitative estimate of drug-likeness (QED) is 0.274. The largest absolute Gasteiger partial charge is 2.00 e. The van der Waals surface area contributed by atoms with E-state index in [1.807, 2.05) is 0 Å². The Labute approximate surface area is 152 Å². The van der Waals surface area contributed by atoms with Gasteiger partial charge in [-0.2, -0.15) is 0 Å². The zero-order valence-corrected chi connectivity index (χ0v) is 16.7. The molecular formula is C14H30NiO6S2. The van der Waals surface area contributed by atoms with E-state index < -0.39 is 20.2 Å². The molecule has 0 heterocycles. The molecule has 0 N–H and O–H groups in total. The van der Waals surface area contributed by atoms with E-state index in [0.29, 0.717) is 12.8 Å². The van der Waals surface area contributed by atoms with E-state index in [-0.39, 0.29) is 28.0 Å². The summed E-state index contributed by atoms with van der Waals surface area (Å²) in [6, 6.07) is 0. The molecule has 0 aromatic rings. The smallest absolute Gasteiger partial charge is 0.748 e. The van der Waals surface area contributed by atoms with Crippen molar-refractivity contribution < 1.29 is 42.4 Å². The van der Waals surface area contributed by atoms with Crippen molar-refractivity contribution >= 4 is 20.2 Å². The van der Waals surface area contributed by atoms with Gasteiger partial charge in [0, 0.05) is 11.5 Å². The SMILES string of the molecule is CCCCCCCS(=O)(=O)[O-].CCCCCCCS(=O)(=O)[O-].[Ni+2]. The fourth-order valence-electron chi connectivity index (χ4n) is 1.76. The second-order valence-electron chi connectivity index (χ2n) is 5.35. The first kappa shape index (κ1) is 28.1. The summed E-state index contributed by atoms with van der Waals surface area (Å²) in [4.78, 5) is 0. The second kappa shape index (κ2) is 17.1. The summed E-state index contributed by atoms with van der Waals surface area (Å²) in [5, 5.41) is 0. The molecule has 6 nitrogen and oxygen atoms in total. The van der Waals surface area contributed by atoms with Crippen LogP contribution in [-0.2, 0) is 36.7 Å². The Morgan fingerprint density at radius 1 is 0.565 bits per heavy atom. The number of rotatable bonds is 12. The van der Waals surface area contributed by atoms with Gasteiger partial charge in [0.25, 0.3) is 0 Å². The minimum Gasteiger partial charge on any atom is -0.748 e. The minimum absolute atomic E-state index is 0. The van der Waals surface area contributed by atoms with Crippen LogP contribution in [0.4, 0.5) is 0 Å². The summed E-state index contributed by atoms with van der Waals surface area (Å²) in [5.41, 5.74) is 0. The standard InChI is InChI=1S/2C7H16O3S.Ni/c2*1-2-3-4-5-6-7-11(8,9)10;/h2*2-7H2,1H3,(H,8,9,10);/q;;+2/p-2. The van der Waals surface area contributed by atoms with Gasteiger partial charge in [-0.3, -0.25) is 0 Å². The van der Waals surface area contributed by atoms with E-state index in [9.17, 15) is 25.9 Å². The molecule has 0 fully saturated rings. The Bertz CT molecular complexity index is 392. The normalized spacial score (nSPS) is 11.3. The topological polar surface area (TPSA) is 114 Å². The fraction of sp³-hybridized carbons (Fsp3) is 1.00. The Balaban J connectivity index is -0.000000333. The van der Waals surface area contributed by atoms with Crippen LogP contribution >= 0.6 is 0 Å². The Kier molecular flexibility index (Phi) is 21.0. The summed E-state index contributed by atoms with van der Waals surface area (Å²) in [7, 11) is -7.92. The van der Waals surface area contributed by atoms with Crippen molar-refractivity contribution in [2.45, 2.75) is 78.1 Å². The van der Waals surface area contributed by atoms with Gasteiger partial charge >= 0.3 is 16.5 Å². The minimum atomic E-state index is -3.96. The number of unbranched alkanes of at least 4 members (excludes halogenated alkanes) is 8. The molecule has 0 radical (unpaired) electrons. The summed E-state index contributed by atoms with van der Waals surface area (Å²) in [6.07, 6.45) is 9.33. The molecule has 0 saturated carbocycles. The third-order valence-corrected chi connectivity index (χ3v) is 4.57. The van der Waals surface area contributed by atoms with Crippen LogP contribution in [0.5, 0.6) is 0 Å².